The van der Waals surface area contributed by atoms with Gasteiger partial charge in [0.2, 0.25) is 11.8 Å². The monoisotopic (exact) mass is 553 g/mol. The maximum atomic E-state index is 13.4. The number of anilines is 1. The number of rotatable bonds is 11. The van der Waals surface area contributed by atoms with Crippen molar-refractivity contribution in [3.63, 3.8) is 0 Å². The number of thiazole rings is 1. The Kier molecular flexibility index (Phi) is 9.18. The Morgan fingerprint density at radius 1 is 0.946 bits per heavy atom. The molecule has 3 atom stereocenters. The Balaban J connectivity index is 1.58. The molecule has 0 bridgehead atoms. The SMILES string of the molecule is CC(=O)N[C@@H](Cc1ccccc1)C(=O)N[C@@H](Cc1ccc(NS(=O)[O-])cc1)c1csc(-c2cccs2)n1. The zero-order chi connectivity index (χ0) is 26.2. The highest BCUT2D eigenvalue weighted by atomic mass is 32.2. The summed E-state index contributed by atoms with van der Waals surface area (Å²) in [6.07, 6.45) is 0.779. The lowest BCUT2D eigenvalue weighted by Crippen LogP contribution is -2.48. The van der Waals surface area contributed by atoms with Gasteiger partial charge in [-0.1, -0.05) is 48.5 Å². The minimum Gasteiger partial charge on any atom is -0.755 e. The fourth-order valence-corrected chi connectivity index (χ4v) is 5.82. The summed E-state index contributed by atoms with van der Waals surface area (Å²) in [7, 11) is 0. The molecule has 0 saturated heterocycles. The van der Waals surface area contributed by atoms with Crippen molar-refractivity contribution < 1.29 is 18.4 Å². The summed E-state index contributed by atoms with van der Waals surface area (Å²) in [5, 5.41) is 10.6. The third kappa shape index (κ3) is 7.80. The van der Waals surface area contributed by atoms with Gasteiger partial charge in [0, 0.05) is 35.7 Å². The number of nitrogens with zero attached hydrogens (tertiary/aromatic N) is 1. The smallest absolute Gasteiger partial charge is 0.243 e. The predicted molar refractivity (Wildman–Crippen MR) is 147 cm³/mol. The lowest BCUT2D eigenvalue weighted by molar-refractivity contribution is -0.128. The molecule has 0 aliphatic carbocycles. The molecule has 0 saturated carbocycles. The third-order valence-electron chi connectivity index (χ3n) is 5.50. The number of benzene rings is 2. The first kappa shape index (κ1) is 26.7. The van der Waals surface area contributed by atoms with E-state index in [0.717, 1.165) is 21.0 Å². The summed E-state index contributed by atoms with van der Waals surface area (Å²) in [6, 6.07) is 19.2. The normalized spacial score (nSPS) is 13.4. The second-order valence-electron chi connectivity index (χ2n) is 8.30. The van der Waals surface area contributed by atoms with Gasteiger partial charge in [-0.25, -0.2) is 4.98 Å². The van der Waals surface area contributed by atoms with Crippen LogP contribution in [0.3, 0.4) is 0 Å². The van der Waals surface area contributed by atoms with Crippen LogP contribution in [0.25, 0.3) is 9.88 Å². The van der Waals surface area contributed by atoms with E-state index in [-0.39, 0.29) is 11.8 Å². The predicted octanol–water partition coefficient (Wildman–Crippen LogP) is 4.23. The van der Waals surface area contributed by atoms with Gasteiger partial charge in [-0.05, 0) is 41.1 Å². The number of hydrogen-bond donors (Lipinski definition) is 3. The Morgan fingerprint density at radius 3 is 2.32 bits per heavy atom. The minimum atomic E-state index is -2.41. The minimum absolute atomic E-state index is 0.292. The lowest BCUT2D eigenvalue weighted by atomic mass is 10.0. The van der Waals surface area contributed by atoms with Crippen molar-refractivity contribution in [2.45, 2.75) is 31.8 Å². The van der Waals surface area contributed by atoms with Crippen LogP contribution >= 0.6 is 22.7 Å². The largest absolute Gasteiger partial charge is 0.755 e. The van der Waals surface area contributed by atoms with E-state index >= 15 is 0 Å². The van der Waals surface area contributed by atoms with Gasteiger partial charge < -0.3 is 19.9 Å². The van der Waals surface area contributed by atoms with Crippen molar-refractivity contribution in [1.82, 2.24) is 15.6 Å². The molecule has 0 aliphatic heterocycles. The maximum absolute atomic E-state index is 13.4. The van der Waals surface area contributed by atoms with Crippen LogP contribution < -0.4 is 15.4 Å². The number of nitrogens with one attached hydrogen (secondary N) is 3. The summed E-state index contributed by atoms with van der Waals surface area (Å²) < 4.78 is 24.1. The zero-order valence-electron chi connectivity index (χ0n) is 19.9. The Bertz CT molecular complexity index is 1340. The molecular weight excluding hydrogens is 529 g/mol. The lowest BCUT2D eigenvalue weighted by Gasteiger charge is -2.23. The van der Waals surface area contributed by atoms with E-state index in [2.05, 4.69) is 15.4 Å². The van der Waals surface area contributed by atoms with Crippen LogP contribution in [-0.2, 0) is 33.7 Å². The molecular formula is C26H25N4O4S3-. The topological polar surface area (TPSA) is 123 Å². The molecule has 2 aromatic heterocycles. The molecule has 37 heavy (non-hydrogen) atoms. The summed E-state index contributed by atoms with van der Waals surface area (Å²) in [4.78, 5) is 31.2. The average molecular weight is 554 g/mol. The Hall–Kier alpha value is -3.38. The third-order valence-corrected chi connectivity index (χ3v) is 7.80. The quantitative estimate of drug-likeness (QED) is 0.240. The standard InChI is InChI=1S/C26H26N4O4S3/c1-17(31)27-22(15-18-6-3-2-4-7-18)25(32)28-21(14-19-9-11-20(12-10-19)30-37(33)34)23-16-36-26(29-23)24-8-5-13-35-24/h2-13,16,21-22,30H,14-15H2,1H3,(H,27,31)(H,28,32)(H,33,34)/p-1/t21-,22-/m0/s1. The summed E-state index contributed by atoms with van der Waals surface area (Å²) >= 11 is 0.688. The number of thiophene rings is 1. The number of hydrogen-bond acceptors (Lipinski definition) is 7. The second kappa shape index (κ2) is 12.7. The number of amides is 2. The molecule has 4 rings (SSSR count). The molecule has 11 heteroatoms. The first-order valence-electron chi connectivity index (χ1n) is 11.4. The van der Waals surface area contributed by atoms with Crippen LogP contribution in [0.15, 0.2) is 77.5 Å². The van der Waals surface area contributed by atoms with E-state index in [1.54, 1.807) is 35.6 Å². The first-order valence-corrected chi connectivity index (χ1v) is 14.3. The van der Waals surface area contributed by atoms with Gasteiger partial charge in [0.25, 0.3) is 0 Å². The maximum Gasteiger partial charge on any atom is 0.243 e. The number of carbonyl (C=O) groups is 2. The summed E-state index contributed by atoms with van der Waals surface area (Å²) in [5.41, 5.74) is 2.98. The fourth-order valence-electron chi connectivity index (χ4n) is 3.81. The van der Waals surface area contributed by atoms with Gasteiger partial charge in [0.1, 0.15) is 11.0 Å². The molecule has 0 aliphatic rings. The van der Waals surface area contributed by atoms with Crippen molar-refractivity contribution in [1.29, 1.82) is 0 Å². The van der Waals surface area contributed by atoms with E-state index in [9.17, 15) is 18.4 Å². The van der Waals surface area contributed by atoms with Gasteiger partial charge in [-0.3, -0.25) is 13.8 Å². The van der Waals surface area contributed by atoms with Gasteiger partial charge >= 0.3 is 0 Å². The molecule has 0 spiro atoms. The molecule has 3 N–H and O–H groups in total. The molecule has 2 heterocycles. The van der Waals surface area contributed by atoms with Gasteiger partial charge in [0.05, 0.1) is 16.6 Å². The highest BCUT2D eigenvalue weighted by Gasteiger charge is 2.25. The van der Waals surface area contributed by atoms with Gasteiger partial charge in [-0.2, -0.15) is 0 Å². The van der Waals surface area contributed by atoms with Crippen molar-refractivity contribution >= 4 is 51.4 Å². The number of carbonyl (C=O) groups excluding carboxylic acids is 2. The van der Waals surface area contributed by atoms with Gasteiger partial charge in [0.15, 0.2) is 0 Å². The van der Waals surface area contributed by atoms with Crippen molar-refractivity contribution in [3.8, 4) is 9.88 Å². The van der Waals surface area contributed by atoms with Crippen molar-refractivity contribution in [2.24, 2.45) is 0 Å². The molecule has 8 nitrogen and oxygen atoms in total. The molecule has 192 valence electrons. The molecule has 0 radical (unpaired) electrons. The van der Waals surface area contributed by atoms with E-state index in [1.165, 1.54) is 18.3 Å². The van der Waals surface area contributed by atoms with Gasteiger partial charge in [-0.15, -0.1) is 22.7 Å². The fraction of sp³-hybridized carbons (Fsp3) is 0.192. The van der Waals surface area contributed by atoms with Crippen LogP contribution in [0.1, 0.15) is 29.8 Å². The van der Waals surface area contributed by atoms with Crippen LogP contribution in [-0.4, -0.2) is 31.6 Å². The highest BCUT2D eigenvalue weighted by Crippen LogP contribution is 2.31. The summed E-state index contributed by atoms with van der Waals surface area (Å²) in [5.74, 6) is -0.602. The molecule has 0 fully saturated rings. The van der Waals surface area contributed by atoms with E-state index in [4.69, 9.17) is 4.98 Å². The zero-order valence-corrected chi connectivity index (χ0v) is 22.3. The Morgan fingerprint density at radius 2 is 1.68 bits per heavy atom. The molecule has 1 unspecified atom stereocenters. The number of aromatic nitrogens is 1. The highest BCUT2D eigenvalue weighted by molar-refractivity contribution is 7.80. The van der Waals surface area contributed by atoms with Crippen LogP contribution in [0.5, 0.6) is 0 Å². The Labute approximate surface area is 225 Å². The van der Waals surface area contributed by atoms with Crippen molar-refractivity contribution in [2.75, 3.05) is 4.72 Å². The molecule has 2 aromatic carbocycles. The van der Waals surface area contributed by atoms with E-state index < -0.39 is 23.4 Å². The molecule has 4 aromatic rings. The van der Waals surface area contributed by atoms with E-state index in [0.29, 0.717) is 24.2 Å². The first-order chi connectivity index (χ1) is 17.9. The average Bonchev–Trinajstić information content (AvgIpc) is 3.57. The second-order valence-corrected chi connectivity index (χ2v) is 10.8. The summed E-state index contributed by atoms with van der Waals surface area (Å²) in [6.45, 7) is 1.39. The van der Waals surface area contributed by atoms with Crippen LogP contribution in [0, 0.1) is 0 Å². The molecule has 2 amide bonds. The van der Waals surface area contributed by atoms with Crippen LogP contribution in [0.2, 0.25) is 0 Å². The van der Waals surface area contributed by atoms with Crippen LogP contribution in [0.4, 0.5) is 5.69 Å². The van der Waals surface area contributed by atoms with E-state index in [1.807, 2.05) is 53.2 Å². The van der Waals surface area contributed by atoms with Crippen molar-refractivity contribution in [3.05, 3.63) is 94.3 Å².